The van der Waals surface area contributed by atoms with Gasteiger partial charge in [-0.2, -0.15) is 0 Å². The third kappa shape index (κ3) is 4.76. The molecule has 1 unspecified atom stereocenters. The lowest BCUT2D eigenvalue weighted by Gasteiger charge is -2.25. The Morgan fingerprint density at radius 2 is 1.22 bits per heavy atom. The number of para-hydroxylation sites is 2. The van der Waals surface area contributed by atoms with Crippen LogP contribution in [0.15, 0.2) is 181 Å². The second-order valence-electron chi connectivity index (χ2n) is 12.8. The fourth-order valence-corrected chi connectivity index (χ4v) is 8.67. The first-order valence-corrected chi connectivity index (χ1v) is 17.8. The highest BCUT2D eigenvalue weighted by atomic mass is 32.1. The van der Waals surface area contributed by atoms with Gasteiger partial charge in [0.15, 0.2) is 0 Å². The Hall–Kier alpha value is -6.23. The molecule has 0 amide bonds. The molecule has 4 heteroatoms. The number of fused-ring (bicyclic) bond motifs is 6. The third-order valence-corrected chi connectivity index (χ3v) is 11.0. The predicted octanol–water partition coefficient (Wildman–Crippen LogP) is 12.0. The predicted molar refractivity (Wildman–Crippen MR) is 212 cm³/mol. The number of rotatable bonds is 5. The standard InChI is InChI=1S/C46H31N3S/c1-3-13-30(14-4-1)39-29-40(32-25-26-37-36-19-8-10-24-43(36)50-44(37)28-32)48-46(47-39)33-16-11-15-31(27-33)35-21-12-23-42-45(35)38-20-7-9-22-41(38)49(42)34-17-5-2-6-18-34/h1-29,39H,(H,47,48). The lowest BCUT2D eigenvalue weighted by atomic mass is 9.96. The summed E-state index contributed by atoms with van der Waals surface area (Å²) in [5.41, 5.74) is 10.3. The first-order valence-electron chi connectivity index (χ1n) is 17.0. The minimum Gasteiger partial charge on any atom is -0.359 e. The van der Waals surface area contributed by atoms with Gasteiger partial charge in [0.1, 0.15) is 5.84 Å². The van der Waals surface area contributed by atoms with Crippen LogP contribution in [0.3, 0.4) is 0 Å². The Bertz CT molecular complexity index is 2790. The SMILES string of the molecule is C1=C(c2ccc3c(c2)sc2ccccc23)N=C(c2cccc(-c3cccc4c3c3ccccc3n4-c3ccccc3)c2)NC1c1ccccc1. The van der Waals surface area contributed by atoms with E-state index >= 15 is 0 Å². The van der Waals surface area contributed by atoms with Gasteiger partial charge in [0, 0.05) is 47.8 Å². The third-order valence-electron chi connectivity index (χ3n) is 9.84. The minimum absolute atomic E-state index is 0.0206. The van der Waals surface area contributed by atoms with Crippen molar-refractivity contribution in [3.8, 4) is 16.8 Å². The number of aliphatic imine (C=N–C) groups is 1. The number of hydrogen-bond donors (Lipinski definition) is 1. The zero-order valence-electron chi connectivity index (χ0n) is 27.1. The smallest absolute Gasteiger partial charge is 0.134 e. The van der Waals surface area contributed by atoms with Crippen molar-refractivity contribution in [3.63, 3.8) is 0 Å². The molecule has 0 radical (unpaired) electrons. The van der Waals surface area contributed by atoms with E-state index in [2.05, 4.69) is 186 Å². The molecular formula is C46H31N3S. The van der Waals surface area contributed by atoms with Crippen LogP contribution in [-0.4, -0.2) is 10.4 Å². The van der Waals surface area contributed by atoms with E-state index < -0.39 is 0 Å². The molecule has 3 nitrogen and oxygen atoms in total. The zero-order chi connectivity index (χ0) is 33.0. The van der Waals surface area contributed by atoms with Crippen LogP contribution in [0.2, 0.25) is 0 Å². The van der Waals surface area contributed by atoms with E-state index in [0.717, 1.165) is 33.9 Å². The largest absolute Gasteiger partial charge is 0.359 e. The van der Waals surface area contributed by atoms with Crippen LogP contribution in [0.1, 0.15) is 22.7 Å². The van der Waals surface area contributed by atoms with Crippen LogP contribution in [0.25, 0.3) is 64.5 Å². The van der Waals surface area contributed by atoms with E-state index in [0.29, 0.717) is 0 Å². The molecule has 0 saturated carbocycles. The van der Waals surface area contributed by atoms with Crippen molar-refractivity contribution in [2.75, 3.05) is 0 Å². The van der Waals surface area contributed by atoms with Gasteiger partial charge in [-0.3, -0.25) is 0 Å². The Balaban J connectivity index is 1.11. The maximum Gasteiger partial charge on any atom is 0.134 e. The topological polar surface area (TPSA) is 29.3 Å². The quantitative estimate of drug-likeness (QED) is 0.196. The van der Waals surface area contributed by atoms with Gasteiger partial charge in [-0.1, -0.05) is 127 Å². The molecule has 0 aliphatic carbocycles. The Labute approximate surface area is 294 Å². The van der Waals surface area contributed by atoms with Crippen LogP contribution in [0, 0.1) is 0 Å². The maximum absolute atomic E-state index is 5.32. The summed E-state index contributed by atoms with van der Waals surface area (Å²) in [5, 5.41) is 8.88. The molecular weight excluding hydrogens is 627 g/mol. The van der Waals surface area contributed by atoms with Gasteiger partial charge in [-0.25, -0.2) is 4.99 Å². The van der Waals surface area contributed by atoms with Crippen molar-refractivity contribution in [2.45, 2.75) is 6.04 Å². The summed E-state index contributed by atoms with van der Waals surface area (Å²) in [6, 6.07) is 60.9. The monoisotopic (exact) mass is 657 g/mol. The molecule has 2 aromatic heterocycles. The summed E-state index contributed by atoms with van der Waals surface area (Å²) in [7, 11) is 0. The molecule has 9 aromatic rings. The highest BCUT2D eigenvalue weighted by Gasteiger charge is 2.22. The Morgan fingerprint density at radius 1 is 0.520 bits per heavy atom. The molecule has 10 rings (SSSR count). The first kappa shape index (κ1) is 28.8. The molecule has 50 heavy (non-hydrogen) atoms. The molecule has 7 aromatic carbocycles. The van der Waals surface area contributed by atoms with Crippen molar-refractivity contribution in [3.05, 3.63) is 193 Å². The van der Waals surface area contributed by atoms with Gasteiger partial charge in [0.2, 0.25) is 0 Å². The zero-order valence-corrected chi connectivity index (χ0v) is 27.9. The van der Waals surface area contributed by atoms with Crippen LogP contribution in [0.4, 0.5) is 0 Å². The van der Waals surface area contributed by atoms with Crippen molar-refractivity contribution in [1.29, 1.82) is 0 Å². The number of amidine groups is 1. The summed E-state index contributed by atoms with van der Waals surface area (Å²) in [4.78, 5) is 5.32. The van der Waals surface area contributed by atoms with Crippen LogP contribution in [0.5, 0.6) is 0 Å². The number of thiophene rings is 1. The van der Waals surface area contributed by atoms with Crippen LogP contribution >= 0.6 is 11.3 Å². The molecule has 3 heterocycles. The first-order chi connectivity index (χ1) is 24.8. The summed E-state index contributed by atoms with van der Waals surface area (Å²) in [6.45, 7) is 0. The van der Waals surface area contributed by atoms with Gasteiger partial charge < -0.3 is 9.88 Å². The van der Waals surface area contributed by atoms with Gasteiger partial charge in [-0.05, 0) is 65.2 Å². The minimum atomic E-state index is -0.0206. The normalized spacial score (nSPS) is 14.6. The highest BCUT2D eigenvalue weighted by Crippen LogP contribution is 2.40. The van der Waals surface area contributed by atoms with Crippen molar-refractivity contribution >= 4 is 64.8 Å². The van der Waals surface area contributed by atoms with Gasteiger partial charge in [0.25, 0.3) is 0 Å². The summed E-state index contributed by atoms with van der Waals surface area (Å²) < 4.78 is 4.96. The molecule has 1 aliphatic rings. The van der Waals surface area contributed by atoms with Crippen molar-refractivity contribution < 1.29 is 0 Å². The Morgan fingerprint density at radius 3 is 2.10 bits per heavy atom. The molecule has 1 N–H and O–H groups in total. The number of hydrogen-bond acceptors (Lipinski definition) is 3. The molecule has 1 aliphatic heterocycles. The van der Waals surface area contributed by atoms with Gasteiger partial charge in [0.05, 0.1) is 22.8 Å². The number of benzene rings is 7. The fourth-order valence-electron chi connectivity index (χ4n) is 7.52. The second kappa shape index (κ2) is 11.7. The van der Waals surface area contributed by atoms with E-state index in [1.54, 1.807) is 0 Å². The fraction of sp³-hybridized carbons (Fsp3) is 0.0217. The molecule has 0 spiro atoms. The van der Waals surface area contributed by atoms with E-state index in [1.165, 1.54) is 53.1 Å². The van der Waals surface area contributed by atoms with Crippen LogP contribution < -0.4 is 5.32 Å². The molecule has 0 bridgehead atoms. The summed E-state index contributed by atoms with van der Waals surface area (Å²) in [5.74, 6) is 0.869. The molecule has 236 valence electrons. The summed E-state index contributed by atoms with van der Waals surface area (Å²) in [6.07, 6.45) is 2.26. The lowest BCUT2D eigenvalue weighted by Crippen LogP contribution is -2.31. The van der Waals surface area contributed by atoms with Gasteiger partial charge in [-0.15, -0.1) is 11.3 Å². The number of nitrogens with one attached hydrogen (secondary N) is 1. The lowest BCUT2D eigenvalue weighted by molar-refractivity contribution is 0.781. The molecule has 0 saturated heterocycles. The van der Waals surface area contributed by atoms with Crippen molar-refractivity contribution in [2.24, 2.45) is 4.99 Å². The van der Waals surface area contributed by atoms with Crippen molar-refractivity contribution in [1.82, 2.24) is 9.88 Å². The van der Waals surface area contributed by atoms with E-state index in [-0.39, 0.29) is 6.04 Å². The average Bonchev–Trinajstić information content (AvgIpc) is 3.74. The number of nitrogens with zero attached hydrogens (tertiary/aromatic N) is 2. The maximum atomic E-state index is 5.32. The van der Waals surface area contributed by atoms with Crippen LogP contribution in [-0.2, 0) is 0 Å². The van der Waals surface area contributed by atoms with Gasteiger partial charge >= 0.3 is 0 Å². The van der Waals surface area contributed by atoms with E-state index in [1.807, 2.05) is 11.3 Å². The Kier molecular flexibility index (Phi) is 6.74. The summed E-state index contributed by atoms with van der Waals surface area (Å²) >= 11 is 1.84. The van der Waals surface area contributed by atoms with E-state index in [4.69, 9.17) is 4.99 Å². The number of aromatic nitrogens is 1. The van der Waals surface area contributed by atoms with E-state index in [9.17, 15) is 0 Å². The molecule has 1 atom stereocenters. The second-order valence-corrected chi connectivity index (χ2v) is 13.9. The molecule has 0 fully saturated rings. The average molecular weight is 658 g/mol. The highest BCUT2D eigenvalue weighted by molar-refractivity contribution is 7.25.